The number of amides is 2. The van der Waals surface area contributed by atoms with Crippen molar-refractivity contribution in [2.75, 3.05) is 11.5 Å². The summed E-state index contributed by atoms with van der Waals surface area (Å²) in [6, 6.07) is 6.68. The van der Waals surface area contributed by atoms with Crippen molar-refractivity contribution in [1.29, 1.82) is 0 Å². The molecule has 2 heterocycles. The normalized spacial score (nSPS) is 23.2. The Labute approximate surface area is 134 Å². The van der Waals surface area contributed by atoms with Crippen LogP contribution in [0.1, 0.15) is 6.92 Å². The first-order chi connectivity index (χ1) is 10.5. The maximum Gasteiger partial charge on any atom is 0.357 e. The van der Waals surface area contributed by atoms with Crippen LogP contribution in [0.25, 0.3) is 0 Å². The van der Waals surface area contributed by atoms with Crippen LogP contribution in [-0.2, 0) is 24.0 Å². The first-order valence-electron chi connectivity index (χ1n) is 6.58. The molecule has 1 aromatic rings. The Kier molecular flexibility index (Phi) is 3.69. The summed E-state index contributed by atoms with van der Waals surface area (Å²) in [4.78, 5) is 42.7. The van der Waals surface area contributed by atoms with Gasteiger partial charge in [0.2, 0.25) is 12.0 Å². The zero-order valence-electron chi connectivity index (χ0n) is 11.5. The zero-order valence-corrected chi connectivity index (χ0v) is 13.1. The van der Waals surface area contributed by atoms with Gasteiger partial charge in [0.25, 0.3) is 5.91 Å². The van der Waals surface area contributed by atoms with Crippen LogP contribution in [0.4, 0.5) is 5.69 Å². The molecule has 0 bridgehead atoms. The number of carbonyl (C=O) groups is 3. The molecule has 0 radical (unpaired) electrons. The van der Waals surface area contributed by atoms with Gasteiger partial charge in [-0.1, -0.05) is 21.1 Å². The fourth-order valence-electron chi connectivity index (χ4n) is 2.40. The van der Waals surface area contributed by atoms with E-state index in [1.807, 2.05) is 0 Å². The van der Waals surface area contributed by atoms with Gasteiger partial charge in [-0.3, -0.25) is 9.59 Å². The van der Waals surface area contributed by atoms with Crippen molar-refractivity contribution >= 4 is 45.1 Å². The van der Waals surface area contributed by atoms with E-state index in [2.05, 4.69) is 21.1 Å². The molecule has 114 valence electrons. The second-order valence-corrected chi connectivity index (χ2v) is 5.60. The van der Waals surface area contributed by atoms with Crippen molar-refractivity contribution in [1.82, 2.24) is 0 Å². The third-order valence-corrected chi connectivity index (χ3v) is 3.91. The van der Waals surface area contributed by atoms with Crippen LogP contribution in [-0.4, -0.2) is 36.2 Å². The molecule has 0 aromatic heterocycles. The Bertz CT molecular complexity index is 685. The van der Waals surface area contributed by atoms with Gasteiger partial charge in [0.1, 0.15) is 5.92 Å². The summed E-state index contributed by atoms with van der Waals surface area (Å²) in [7, 11) is 0. The zero-order chi connectivity index (χ0) is 15.9. The van der Waals surface area contributed by atoms with E-state index in [1.165, 1.54) is 0 Å². The molecule has 2 atom stereocenters. The number of oxime groups is 1. The average molecular weight is 367 g/mol. The van der Waals surface area contributed by atoms with Crippen molar-refractivity contribution in [2.24, 2.45) is 11.1 Å². The molecule has 0 unspecified atom stereocenters. The van der Waals surface area contributed by atoms with Gasteiger partial charge in [-0.2, -0.15) is 0 Å². The van der Waals surface area contributed by atoms with Crippen molar-refractivity contribution in [3.63, 3.8) is 0 Å². The Morgan fingerprint density at radius 2 is 2.00 bits per heavy atom. The summed E-state index contributed by atoms with van der Waals surface area (Å²) < 4.78 is 5.66. The molecular weight excluding hydrogens is 356 g/mol. The predicted octanol–water partition coefficient (Wildman–Crippen LogP) is 1.26. The molecule has 7 nitrogen and oxygen atoms in total. The molecule has 0 spiro atoms. The number of ether oxygens (including phenoxy) is 1. The van der Waals surface area contributed by atoms with E-state index >= 15 is 0 Å². The molecule has 1 saturated heterocycles. The second kappa shape index (κ2) is 5.53. The molecule has 0 N–H and O–H groups in total. The molecule has 2 aliphatic rings. The van der Waals surface area contributed by atoms with Crippen LogP contribution >= 0.6 is 15.9 Å². The van der Waals surface area contributed by atoms with Crippen molar-refractivity contribution in [3.8, 4) is 0 Å². The summed E-state index contributed by atoms with van der Waals surface area (Å²) >= 11 is 3.29. The number of esters is 1. The van der Waals surface area contributed by atoms with E-state index in [0.717, 1.165) is 9.37 Å². The predicted molar refractivity (Wildman–Crippen MR) is 79.1 cm³/mol. The number of fused-ring (bicyclic) bond motifs is 1. The van der Waals surface area contributed by atoms with Crippen LogP contribution in [0.15, 0.2) is 33.9 Å². The maximum absolute atomic E-state index is 12.5. The highest BCUT2D eigenvalue weighted by Crippen LogP contribution is 2.33. The minimum absolute atomic E-state index is 0.147. The number of anilines is 1. The molecule has 3 rings (SSSR count). The molecule has 8 heteroatoms. The molecule has 2 amide bonds. The van der Waals surface area contributed by atoms with Crippen LogP contribution in [0, 0.1) is 5.92 Å². The molecule has 0 saturated carbocycles. The molecule has 22 heavy (non-hydrogen) atoms. The van der Waals surface area contributed by atoms with E-state index in [-0.39, 0.29) is 12.3 Å². The number of benzene rings is 1. The van der Waals surface area contributed by atoms with E-state index in [9.17, 15) is 14.4 Å². The Morgan fingerprint density at radius 3 is 2.64 bits per heavy atom. The van der Waals surface area contributed by atoms with Gasteiger partial charge in [-0.05, 0) is 31.2 Å². The molecular formula is C14H11BrN2O5. The van der Waals surface area contributed by atoms with Gasteiger partial charge in [0.05, 0.1) is 12.3 Å². The summed E-state index contributed by atoms with van der Waals surface area (Å²) in [5.74, 6) is -2.87. The van der Waals surface area contributed by atoms with Crippen LogP contribution in [0.3, 0.4) is 0 Å². The smallest absolute Gasteiger partial charge is 0.357 e. The highest BCUT2D eigenvalue weighted by Gasteiger charge is 2.58. The third kappa shape index (κ3) is 2.19. The summed E-state index contributed by atoms with van der Waals surface area (Å²) in [6.45, 7) is 1.79. The van der Waals surface area contributed by atoms with Gasteiger partial charge in [-0.25, -0.2) is 9.69 Å². The van der Waals surface area contributed by atoms with E-state index < -0.39 is 29.8 Å². The van der Waals surface area contributed by atoms with Gasteiger partial charge in [-0.15, -0.1) is 0 Å². The Morgan fingerprint density at radius 1 is 1.32 bits per heavy atom. The first kappa shape index (κ1) is 14.7. The van der Waals surface area contributed by atoms with Crippen LogP contribution in [0.2, 0.25) is 0 Å². The lowest BCUT2D eigenvalue weighted by molar-refractivity contribution is -0.136. The maximum atomic E-state index is 12.5. The summed E-state index contributed by atoms with van der Waals surface area (Å²) in [6.07, 6.45) is -1.10. The number of rotatable bonds is 3. The van der Waals surface area contributed by atoms with Crippen molar-refractivity contribution in [2.45, 2.75) is 13.0 Å². The lowest BCUT2D eigenvalue weighted by Crippen LogP contribution is -2.34. The number of hydrogen-bond donors (Lipinski definition) is 0. The number of imide groups is 1. The standard InChI is InChI=1S/C14H11BrN2O5/c1-2-21-14(20)10-9-11(22-16-10)13(19)17(12(9)18)8-5-3-7(15)4-6-8/h3-6,9,11H,2H2,1H3/t9-,11+/m0/s1. The highest BCUT2D eigenvalue weighted by molar-refractivity contribution is 9.10. The van der Waals surface area contributed by atoms with Crippen LogP contribution in [0.5, 0.6) is 0 Å². The molecule has 1 aromatic carbocycles. The lowest BCUT2D eigenvalue weighted by atomic mass is 10.00. The first-order valence-corrected chi connectivity index (χ1v) is 7.38. The molecule has 0 aliphatic carbocycles. The van der Waals surface area contributed by atoms with Crippen molar-refractivity contribution in [3.05, 3.63) is 28.7 Å². The number of carbonyl (C=O) groups excluding carboxylic acids is 3. The summed E-state index contributed by atoms with van der Waals surface area (Å²) in [5.41, 5.74) is 0.254. The van der Waals surface area contributed by atoms with Gasteiger partial charge in [0, 0.05) is 4.47 Å². The van der Waals surface area contributed by atoms with Gasteiger partial charge < -0.3 is 9.57 Å². The lowest BCUT2D eigenvalue weighted by Gasteiger charge is -2.15. The molecule has 2 aliphatic heterocycles. The quantitative estimate of drug-likeness (QED) is 0.593. The fraction of sp³-hybridized carbons (Fsp3) is 0.286. The van der Waals surface area contributed by atoms with E-state index in [4.69, 9.17) is 9.57 Å². The SMILES string of the molecule is CCOC(=O)C1=NO[C@H]2C(=O)N(c3ccc(Br)cc3)C(=O)[C@@H]12. The topological polar surface area (TPSA) is 85.3 Å². The second-order valence-electron chi connectivity index (χ2n) is 4.69. The highest BCUT2D eigenvalue weighted by atomic mass is 79.9. The summed E-state index contributed by atoms with van der Waals surface area (Å²) in [5, 5.41) is 3.55. The van der Waals surface area contributed by atoms with Crippen molar-refractivity contribution < 1.29 is 24.0 Å². The van der Waals surface area contributed by atoms with Gasteiger partial charge >= 0.3 is 5.97 Å². The number of nitrogens with zero attached hydrogens (tertiary/aromatic N) is 2. The number of halogens is 1. The number of hydrogen-bond acceptors (Lipinski definition) is 6. The average Bonchev–Trinajstić information content (AvgIpc) is 3.03. The van der Waals surface area contributed by atoms with E-state index in [1.54, 1.807) is 31.2 Å². The Balaban J connectivity index is 1.91. The minimum Gasteiger partial charge on any atom is -0.461 e. The fourth-order valence-corrected chi connectivity index (χ4v) is 2.66. The third-order valence-electron chi connectivity index (χ3n) is 3.38. The minimum atomic E-state index is -1.10. The van der Waals surface area contributed by atoms with E-state index in [0.29, 0.717) is 5.69 Å². The van der Waals surface area contributed by atoms with Gasteiger partial charge in [0.15, 0.2) is 5.71 Å². The monoisotopic (exact) mass is 366 g/mol. The van der Waals surface area contributed by atoms with Crippen LogP contribution < -0.4 is 4.90 Å². The molecule has 1 fully saturated rings. The largest absolute Gasteiger partial charge is 0.461 e. The Hall–Kier alpha value is -2.22.